The molecule has 2 aliphatic rings. The monoisotopic (exact) mass is 593 g/mol. The van der Waals surface area contributed by atoms with E-state index in [-0.39, 0.29) is 13.5 Å². The number of morpholine rings is 1. The lowest BCUT2D eigenvalue weighted by molar-refractivity contribution is -0.142. The Morgan fingerprint density at radius 3 is 2.64 bits per heavy atom. The fourth-order valence-electron chi connectivity index (χ4n) is 5.61. The van der Waals surface area contributed by atoms with E-state index in [4.69, 9.17) is 15.5 Å². The van der Waals surface area contributed by atoms with Gasteiger partial charge in [0.25, 0.3) is 0 Å². The number of aliphatic carboxylic acids is 1. The van der Waals surface area contributed by atoms with Crippen molar-refractivity contribution in [1.29, 1.82) is 0 Å². The molecule has 0 aliphatic carbocycles. The quantitative estimate of drug-likeness (QED) is 0.287. The first-order valence-electron chi connectivity index (χ1n) is 14.5. The zero-order valence-electron chi connectivity index (χ0n) is 24.3. The van der Waals surface area contributed by atoms with Crippen molar-refractivity contribution in [2.75, 3.05) is 63.2 Å². The van der Waals surface area contributed by atoms with E-state index in [2.05, 4.69) is 74.5 Å². The van der Waals surface area contributed by atoms with Crippen molar-refractivity contribution >= 4 is 36.8 Å². The van der Waals surface area contributed by atoms with Crippen molar-refractivity contribution in [2.45, 2.75) is 38.4 Å². The second-order valence-electron chi connectivity index (χ2n) is 10.9. The number of aromatic nitrogens is 2. The number of ether oxygens (including phenoxy) is 1. The average molecular weight is 594 g/mol. The van der Waals surface area contributed by atoms with E-state index in [1.165, 1.54) is 5.56 Å². The number of hydrogen-bond donors (Lipinski definition) is 3. The molecule has 1 unspecified atom stereocenters. The van der Waals surface area contributed by atoms with Gasteiger partial charge in [0.15, 0.2) is 0 Å². The highest BCUT2D eigenvalue weighted by atomic mass is 32.1. The Morgan fingerprint density at radius 1 is 1.12 bits per heavy atom. The second kappa shape index (κ2) is 15.3. The maximum absolute atomic E-state index is 11.8. The summed E-state index contributed by atoms with van der Waals surface area (Å²) in [7, 11) is 2.11. The summed E-state index contributed by atoms with van der Waals surface area (Å²) >= 11 is 0. The highest BCUT2D eigenvalue weighted by Gasteiger charge is 2.30. The summed E-state index contributed by atoms with van der Waals surface area (Å²) in [4.78, 5) is 27.7. The molecule has 226 valence electrons. The van der Waals surface area contributed by atoms with Crippen LogP contribution in [-0.4, -0.2) is 89.9 Å². The Kier molecular flexibility index (Phi) is 11.6. The van der Waals surface area contributed by atoms with Gasteiger partial charge in [-0.15, -0.1) is 0 Å². The number of nitrogens with two attached hydrogens (primary N) is 1. The van der Waals surface area contributed by atoms with E-state index in [1.54, 1.807) is 6.20 Å². The summed E-state index contributed by atoms with van der Waals surface area (Å²) in [5.41, 5.74) is 11.8. The molecule has 1 atom stereocenters. The van der Waals surface area contributed by atoms with Gasteiger partial charge in [0.05, 0.1) is 18.9 Å². The summed E-state index contributed by atoms with van der Waals surface area (Å²) in [6.07, 6.45) is 4.35. The molecular weight excluding hydrogens is 550 g/mol. The molecule has 11 heteroatoms. The molecule has 3 aromatic rings. The van der Waals surface area contributed by atoms with E-state index in [0.717, 1.165) is 73.8 Å². The number of anilines is 3. The molecule has 0 spiro atoms. The van der Waals surface area contributed by atoms with E-state index in [1.807, 2.05) is 6.07 Å². The zero-order chi connectivity index (χ0) is 28.6. The van der Waals surface area contributed by atoms with Crippen LogP contribution in [0.3, 0.4) is 0 Å². The molecule has 3 heterocycles. The molecule has 0 saturated carbocycles. The number of carbonyl (C=O) groups is 1. The predicted octanol–water partition coefficient (Wildman–Crippen LogP) is 3.67. The molecule has 0 amide bonds. The molecule has 2 fully saturated rings. The number of carboxylic acids is 1. The lowest BCUT2D eigenvalue weighted by Crippen LogP contribution is -2.37. The van der Waals surface area contributed by atoms with Crippen LogP contribution in [0, 0.1) is 0 Å². The molecule has 4 N–H and O–H groups in total. The topological polar surface area (TPSA) is 120 Å². The Balaban J connectivity index is 0.00000405. The molecule has 2 aromatic carbocycles. The van der Waals surface area contributed by atoms with Gasteiger partial charge >= 0.3 is 5.97 Å². The van der Waals surface area contributed by atoms with Crippen molar-refractivity contribution in [3.8, 4) is 11.3 Å². The SMILES string of the molecule is CN(CCCN)Cc1ccc(-c2ccnc(Nc3cc(CN4CCCC4C(=O)O)cc(N4CCOCC4)c3)n2)cc1.S. The summed E-state index contributed by atoms with van der Waals surface area (Å²) in [6, 6.07) is 16.3. The Hall–Kier alpha value is -3.22. The maximum atomic E-state index is 11.8. The molecule has 10 nitrogen and oxygen atoms in total. The van der Waals surface area contributed by atoms with E-state index in [0.29, 0.717) is 38.7 Å². The normalized spacial score (nSPS) is 17.3. The van der Waals surface area contributed by atoms with Crippen LogP contribution in [0.15, 0.2) is 54.7 Å². The first-order chi connectivity index (χ1) is 20.0. The number of benzene rings is 2. The maximum Gasteiger partial charge on any atom is 0.320 e. The van der Waals surface area contributed by atoms with Crippen LogP contribution < -0.4 is 16.0 Å². The van der Waals surface area contributed by atoms with Crippen LogP contribution in [0.5, 0.6) is 0 Å². The van der Waals surface area contributed by atoms with Gasteiger partial charge in [-0.25, -0.2) is 9.97 Å². The summed E-state index contributed by atoms with van der Waals surface area (Å²) in [5, 5.41) is 13.1. The first kappa shape index (κ1) is 31.7. The number of rotatable bonds is 12. The summed E-state index contributed by atoms with van der Waals surface area (Å²) in [6.45, 7) is 6.94. The second-order valence-corrected chi connectivity index (χ2v) is 10.9. The van der Waals surface area contributed by atoms with Crippen LogP contribution in [0.4, 0.5) is 17.3 Å². The number of carboxylic acid groups (broad SMARTS) is 1. The highest BCUT2D eigenvalue weighted by molar-refractivity contribution is 7.59. The Bertz CT molecular complexity index is 1300. The van der Waals surface area contributed by atoms with E-state index < -0.39 is 12.0 Å². The van der Waals surface area contributed by atoms with Crippen molar-refractivity contribution in [3.05, 3.63) is 65.9 Å². The number of nitrogens with zero attached hydrogens (tertiary/aromatic N) is 5. The minimum atomic E-state index is -0.748. The van der Waals surface area contributed by atoms with Gasteiger partial charge in [-0.2, -0.15) is 13.5 Å². The molecule has 2 saturated heterocycles. The molecule has 2 aliphatic heterocycles. The molecule has 0 bridgehead atoms. The molecule has 0 radical (unpaired) electrons. The number of nitrogens with one attached hydrogen (secondary N) is 1. The van der Waals surface area contributed by atoms with Crippen LogP contribution >= 0.6 is 13.5 Å². The third-order valence-electron chi connectivity index (χ3n) is 7.75. The van der Waals surface area contributed by atoms with Gasteiger partial charge in [0.2, 0.25) is 5.95 Å². The van der Waals surface area contributed by atoms with E-state index in [9.17, 15) is 9.90 Å². The molecule has 1 aromatic heterocycles. The standard InChI is InChI=1S/C31H41N7O3.H2S/c1-36(12-3-10-32)21-23-5-7-25(8-6-23)28-9-11-33-31(35-28)34-26-18-24(22-38-13-2-4-29(38)30(39)40)19-27(20-26)37-14-16-41-17-15-37;/h5-9,11,18-20,29H,2-4,10,12-17,21-22,32H2,1H3,(H,39,40)(H,33,34,35);1H2. The average Bonchev–Trinajstić information content (AvgIpc) is 3.45. The number of likely N-dealkylation sites (tertiary alicyclic amines) is 1. The lowest BCUT2D eigenvalue weighted by Gasteiger charge is -2.30. The van der Waals surface area contributed by atoms with Crippen LogP contribution in [0.25, 0.3) is 11.3 Å². The third kappa shape index (κ3) is 8.42. The molecule has 5 rings (SSSR count). The fourth-order valence-corrected chi connectivity index (χ4v) is 5.61. The minimum Gasteiger partial charge on any atom is -0.480 e. The van der Waals surface area contributed by atoms with Crippen LogP contribution in [-0.2, 0) is 22.6 Å². The van der Waals surface area contributed by atoms with Crippen LogP contribution in [0.2, 0.25) is 0 Å². The largest absolute Gasteiger partial charge is 0.480 e. The third-order valence-corrected chi connectivity index (χ3v) is 7.75. The summed E-state index contributed by atoms with van der Waals surface area (Å²) < 4.78 is 5.56. The smallest absolute Gasteiger partial charge is 0.320 e. The first-order valence-corrected chi connectivity index (χ1v) is 14.5. The van der Waals surface area contributed by atoms with Crippen LogP contribution in [0.1, 0.15) is 30.4 Å². The van der Waals surface area contributed by atoms with Gasteiger partial charge in [-0.05, 0) is 81.3 Å². The molecule has 42 heavy (non-hydrogen) atoms. The minimum absolute atomic E-state index is 0. The summed E-state index contributed by atoms with van der Waals surface area (Å²) in [5.74, 6) is -0.232. The van der Waals surface area contributed by atoms with Crippen molar-refractivity contribution in [1.82, 2.24) is 19.8 Å². The van der Waals surface area contributed by atoms with Gasteiger partial charge in [-0.3, -0.25) is 9.69 Å². The van der Waals surface area contributed by atoms with Gasteiger partial charge in [0, 0.05) is 49.3 Å². The fraction of sp³-hybridized carbons (Fsp3) is 0.452. The Morgan fingerprint density at radius 2 is 1.90 bits per heavy atom. The predicted molar refractivity (Wildman–Crippen MR) is 172 cm³/mol. The zero-order valence-corrected chi connectivity index (χ0v) is 25.3. The molecular formula is C31H43N7O3S. The van der Waals surface area contributed by atoms with Crippen molar-refractivity contribution in [3.63, 3.8) is 0 Å². The van der Waals surface area contributed by atoms with Crippen molar-refractivity contribution < 1.29 is 14.6 Å². The van der Waals surface area contributed by atoms with Gasteiger partial charge in [-0.1, -0.05) is 24.3 Å². The Labute approximate surface area is 255 Å². The lowest BCUT2D eigenvalue weighted by atomic mass is 10.1. The van der Waals surface area contributed by atoms with Gasteiger partial charge < -0.3 is 30.7 Å². The highest BCUT2D eigenvalue weighted by Crippen LogP contribution is 2.29. The van der Waals surface area contributed by atoms with Gasteiger partial charge in [0.1, 0.15) is 6.04 Å². The van der Waals surface area contributed by atoms with E-state index >= 15 is 0 Å². The number of hydrogen-bond acceptors (Lipinski definition) is 9. The van der Waals surface area contributed by atoms with Crippen molar-refractivity contribution in [2.24, 2.45) is 5.73 Å².